The first kappa shape index (κ1) is 19.7. The number of carbonyl (C=O) groups is 2. The van der Waals surface area contributed by atoms with Gasteiger partial charge in [-0.1, -0.05) is 59.8 Å². The van der Waals surface area contributed by atoms with Crippen molar-refractivity contribution in [1.29, 1.82) is 0 Å². The molecule has 0 aliphatic carbocycles. The third-order valence-corrected chi connectivity index (χ3v) is 5.71. The van der Waals surface area contributed by atoms with Crippen LogP contribution in [0, 0.1) is 0 Å². The summed E-state index contributed by atoms with van der Waals surface area (Å²) in [4.78, 5) is 31.6. The Hall–Kier alpha value is -4.20. The van der Waals surface area contributed by atoms with Gasteiger partial charge >= 0.3 is 6.03 Å². The summed E-state index contributed by atoms with van der Waals surface area (Å²) < 4.78 is 10.7. The maximum Gasteiger partial charge on any atom is 0.325 e. The van der Waals surface area contributed by atoms with Crippen LogP contribution in [0.4, 0.5) is 4.79 Å². The molecule has 1 atom stereocenters. The van der Waals surface area contributed by atoms with Crippen LogP contribution in [-0.4, -0.2) is 34.1 Å². The van der Waals surface area contributed by atoms with E-state index in [1.165, 1.54) is 0 Å². The van der Waals surface area contributed by atoms with E-state index in [2.05, 4.69) is 15.5 Å². The normalized spacial score (nSPS) is 18.2. The van der Waals surface area contributed by atoms with Crippen molar-refractivity contribution in [2.24, 2.45) is 0 Å². The van der Waals surface area contributed by atoms with Crippen molar-refractivity contribution in [3.05, 3.63) is 78.2 Å². The molecule has 3 amide bonds. The molecular weight excluding hydrogens is 408 g/mol. The van der Waals surface area contributed by atoms with E-state index in [0.717, 1.165) is 21.2 Å². The SMILES string of the molecule is COc1ccccc1-c1noc(CN2C(=O)N[C@](C)(c3cccc4ccccc34)C2=O)n1. The predicted octanol–water partition coefficient (Wildman–Crippen LogP) is 3.87. The van der Waals surface area contributed by atoms with Crippen LogP contribution in [0.5, 0.6) is 5.75 Å². The summed E-state index contributed by atoms with van der Waals surface area (Å²) in [7, 11) is 1.56. The van der Waals surface area contributed by atoms with Crippen molar-refractivity contribution in [3.8, 4) is 17.1 Å². The van der Waals surface area contributed by atoms with E-state index in [0.29, 0.717) is 17.1 Å². The van der Waals surface area contributed by atoms with E-state index in [9.17, 15) is 9.59 Å². The van der Waals surface area contributed by atoms with Crippen molar-refractivity contribution in [2.45, 2.75) is 19.0 Å². The number of hydrogen-bond acceptors (Lipinski definition) is 6. The van der Waals surface area contributed by atoms with Gasteiger partial charge in [-0.25, -0.2) is 4.79 Å². The molecule has 4 aromatic rings. The van der Waals surface area contributed by atoms with Crippen LogP contribution >= 0.6 is 0 Å². The number of amides is 3. The third-order valence-electron chi connectivity index (χ3n) is 5.71. The second-order valence-corrected chi connectivity index (χ2v) is 7.69. The van der Waals surface area contributed by atoms with Crippen molar-refractivity contribution < 1.29 is 18.8 Å². The smallest absolute Gasteiger partial charge is 0.325 e. The van der Waals surface area contributed by atoms with Crippen LogP contribution in [0.1, 0.15) is 18.4 Å². The molecule has 0 saturated carbocycles. The molecular formula is C24H20N4O4. The molecule has 8 heteroatoms. The number of urea groups is 1. The molecule has 160 valence electrons. The monoisotopic (exact) mass is 428 g/mol. The maximum absolute atomic E-state index is 13.4. The zero-order chi connectivity index (χ0) is 22.3. The number of aromatic nitrogens is 2. The molecule has 1 fully saturated rings. The molecule has 0 bridgehead atoms. The molecule has 1 aromatic heterocycles. The highest BCUT2D eigenvalue weighted by molar-refractivity contribution is 6.09. The van der Waals surface area contributed by atoms with Crippen molar-refractivity contribution in [3.63, 3.8) is 0 Å². The lowest BCUT2D eigenvalue weighted by molar-refractivity contribution is -0.131. The molecule has 1 N–H and O–H groups in total. The van der Waals surface area contributed by atoms with E-state index in [4.69, 9.17) is 9.26 Å². The van der Waals surface area contributed by atoms with E-state index in [1.807, 2.05) is 54.6 Å². The molecule has 1 aliphatic rings. The zero-order valence-electron chi connectivity index (χ0n) is 17.5. The van der Waals surface area contributed by atoms with Crippen LogP contribution in [-0.2, 0) is 16.9 Å². The number of imide groups is 1. The average Bonchev–Trinajstić information content (AvgIpc) is 3.37. The van der Waals surface area contributed by atoms with E-state index < -0.39 is 11.6 Å². The molecule has 32 heavy (non-hydrogen) atoms. The lowest BCUT2D eigenvalue weighted by Gasteiger charge is -2.23. The fraction of sp³-hybridized carbons (Fsp3) is 0.167. The summed E-state index contributed by atoms with van der Waals surface area (Å²) in [6, 6.07) is 20.2. The molecule has 3 aromatic carbocycles. The molecule has 0 radical (unpaired) electrons. The maximum atomic E-state index is 13.4. The standard InChI is InChI=1S/C24H20N4O4/c1-24(18-12-7-9-15-8-3-4-10-16(15)18)22(29)28(23(30)26-24)14-20-25-21(27-32-20)17-11-5-6-13-19(17)31-2/h3-13H,14H2,1-2H3,(H,26,30)/t24-/m1/s1. The quantitative estimate of drug-likeness (QED) is 0.485. The summed E-state index contributed by atoms with van der Waals surface area (Å²) in [5.74, 6) is 0.687. The number of fused-ring (bicyclic) bond motifs is 1. The Kier molecular flexibility index (Phi) is 4.62. The number of methoxy groups -OCH3 is 1. The van der Waals surface area contributed by atoms with Gasteiger partial charge < -0.3 is 14.6 Å². The van der Waals surface area contributed by atoms with Crippen LogP contribution in [0.25, 0.3) is 22.2 Å². The van der Waals surface area contributed by atoms with E-state index in [-0.39, 0.29) is 18.3 Å². The second kappa shape index (κ2) is 7.49. The molecule has 1 aliphatic heterocycles. The van der Waals surface area contributed by atoms with Gasteiger partial charge in [-0.2, -0.15) is 4.98 Å². The van der Waals surface area contributed by atoms with Gasteiger partial charge in [0.25, 0.3) is 5.91 Å². The Bertz CT molecular complexity index is 1340. The number of hydrogen-bond donors (Lipinski definition) is 1. The van der Waals surface area contributed by atoms with Gasteiger partial charge in [-0.3, -0.25) is 9.69 Å². The van der Waals surface area contributed by atoms with Gasteiger partial charge in [0.1, 0.15) is 17.8 Å². The van der Waals surface area contributed by atoms with E-state index in [1.54, 1.807) is 26.2 Å². The van der Waals surface area contributed by atoms with Crippen LogP contribution in [0.2, 0.25) is 0 Å². The minimum Gasteiger partial charge on any atom is -0.496 e. The van der Waals surface area contributed by atoms with Gasteiger partial charge in [0.15, 0.2) is 0 Å². The number of nitrogens with zero attached hydrogens (tertiary/aromatic N) is 3. The Labute approximate surface area is 183 Å². The summed E-state index contributed by atoms with van der Waals surface area (Å²) in [5, 5.41) is 8.73. The van der Waals surface area contributed by atoms with Crippen molar-refractivity contribution in [1.82, 2.24) is 20.4 Å². The Morgan fingerprint density at radius 1 is 1.03 bits per heavy atom. The van der Waals surface area contributed by atoms with Gasteiger partial charge in [0.2, 0.25) is 11.7 Å². The minimum atomic E-state index is -1.20. The number of nitrogens with one attached hydrogen (secondary N) is 1. The fourth-order valence-corrected chi connectivity index (χ4v) is 4.08. The van der Waals surface area contributed by atoms with Crippen molar-refractivity contribution >= 4 is 22.7 Å². The lowest BCUT2D eigenvalue weighted by Crippen LogP contribution is -2.41. The summed E-state index contributed by atoms with van der Waals surface area (Å²) >= 11 is 0. The third kappa shape index (κ3) is 3.08. The van der Waals surface area contributed by atoms with Crippen molar-refractivity contribution in [2.75, 3.05) is 7.11 Å². The molecule has 8 nitrogen and oxygen atoms in total. The summed E-state index contributed by atoms with van der Waals surface area (Å²) in [5.41, 5.74) is 0.183. The highest BCUT2D eigenvalue weighted by Gasteiger charge is 2.50. The first-order valence-electron chi connectivity index (χ1n) is 10.1. The second-order valence-electron chi connectivity index (χ2n) is 7.69. The number of carbonyl (C=O) groups excluding carboxylic acids is 2. The van der Waals surface area contributed by atoms with Gasteiger partial charge in [-0.05, 0) is 35.4 Å². The number of para-hydroxylation sites is 1. The molecule has 5 rings (SSSR count). The van der Waals surface area contributed by atoms with E-state index >= 15 is 0 Å². The van der Waals surface area contributed by atoms with Crippen LogP contribution in [0.15, 0.2) is 71.3 Å². The van der Waals surface area contributed by atoms with Gasteiger partial charge in [0, 0.05) is 0 Å². The highest BCUT2D eigenvalue weighted by atomic mass is 16.5. The summed E-state index contributed by atoms with van der Waals surface area (Å²) in [6.45, 7) is 1.58. The first-order valence-corrected chi connectivity index (χ1v) is 10.1. The number of ether oxygens (including phenoxy) is 1. The fourth-order valence-electron chi connectivity index (χ4n) is 4.08. The van der Waals surface area contributed by atoms with Gasteiger partial charge in [0.05, 0.1) is 12.7 Å². The van der Waals surface area contributed by atoms with Crippen LogP contribution in [0.3, 0.4) is 0 Å². The highest BCUT2D eigenvalue weighted by Crippen LogP contribution is 2.34. The Morgan fingerprint density at radius 2 is 1.78 bits per heavy atom. The Morgan fingerprint density at radius 3 is 2.62 bits per heavy atom. The lowest BCUT2D eigenvalue weighted by atomic mass is 9.88. The average molecular weight is 428 g/mol. The zero-order valence-corrected chi connectivity index (χ0v) is 17.5. The predicted molar refractivity (Wildman–Crippen MR) is 117 cm³/mol. The molecule has 2 heterocycles. The molecule has 0 unspecified atom stereocenters. The minimum absolute atomic E-state index is 0.132. The topological polar surface area (TPSA) is 97.6 Å². The molecule has 1 saturated heterocycles. The van der Waals surface area contributed by atoms with Crippen LogP contribution < -0.4 is 10.1 Å². The number of rotatable bonds is 5. The molecule has 0 spiro atoms. The first-order chi connectivity index (χ1) is 15.5. The number of benzene rings is 3. The Balaban J connectivity index is 1.45. The van der Waals surface area contributed by atoms with Gasteiger partial charge in [-0.15, -0.1) is 0 Å². The largest absolute Gasteiger partial charge is 0.496 e. The summed E-state index contributed by atoms with van der Waals surface area (Å²) in [6.07, 6.45) is 0.